The van der Waals surface area contributed by atoms with Gasteiger partial charge in [-0.25, -0.2) is 0 Å². The highest BCUT2D eigenvalue weighted by molar-refractivity contribution is 7.98. The van der Waals surface area contributed by atoms with Gasteiger partial charge in [-0.1, -0.05) is 6.92 Å². The number of anilines is 1. The van der Waals surface area contributed by atoms with Gasteiger partial charge in [0.25, 0.3) is 0 Å². The Morgan fingerprint density at radius 3 is 2.73 bits per heavy atom. The van der Waals surface area contributed by atoms with Crippen molar-refractivity contribution in [2.45, 2.75) is 32.9 Å². The second-order valence-corrected chi connectivity index (χ2v) is 4.72. The first-order chi connectivity index (χ1) is 7.20. The van der Waals surface area contributed by atoms with E-state index in [1.807, 2.05) is 23.5 Å². The minimum atomic E-state index is 0.949. The maximum atomic E-state index is 4.45. The van der Waals surface area contributed by atoms with Gasteiger partial charge in [0.1, 0.15) is 5.82 Å². The third-order valence-corrected chi connectivity index (χ3v) is 3.47. The molecule has 0 radical (unpaired) electrons. The average Bonchev–Trinajstić information content (AvgIpc) is 2.45. The Labute approximate surface area is 96.6 Å². The van der Waals surface area contributed by atoms with E-state index in [2.05, 4.69) is 31.2 Å². The first-order valence-corrected chi connectivity index (χ1v) is 6.70. The molecule has 0 bridgehead atoms. The van der Waals surface area contributed by atoms with Gasteiger partial charge in [0.2, 0.25) is 0 Å². The van der Waals surface area contributed by atoms with E-state index in [4.69, 9.17) is 0 Å². The van der Waals surface area contributed by atoms with Crippen LogP contribution < -0.4 is 5.32 Å². The average molecular weight is 227 g/mol. The van der Waals surface area contributed by atoms with Crippen LogP contribution in [0.4, 0.5) is 5.82 Å². The van der Waals surface area contributed by atoms with Gasteiger partial charge in [0, 0.05) is 24.9 Å². The Hall–Kier alpha value is -0.640. The van der Waals surface area contributed by atoms with Crippen LogP contribution in [-0.4, -0.2) is 22.1 Å². The second-order valence-electron chi connectivity index (χ2n) is 3.62. The monoisotopic (exact) mass is 227 g/mol. The first kappa shape index (κ1) is 12.4. The Kier molecular flexibility index (Phi) is 5.02. The standard InChI is InChI=1S/C11H21N3S/c1-5-7-15-8-10-9(3)13-14(4)11(10)12-6-2/h12H,5-8H2,1-4H3. The summed E-state index contributed by atoms with van der Waals surface area (Å²) in [5.41, 5.74) is 2.51. The quantitative estimate of drug-likeness (QED) is 0.758. The number of nitrogens with one attached hydrogen (secondary N) is 1. The van der Waals surface area contributed by atoms with Crippen molar-refractivity contribution < 1.29 is 0 Å². The number of thioether (sulfide) groups is 1. The highest BCUT2D eigenvalue weighted by atomic mass is 32.2. The molecule has 15 heavy (non-hydrogen) atoms. The molecule has 4 heteroatoms. The lowest BCUT2D eigenvalue weighted by Gasteiger charge is -2.07. The maximum absolute atomic E-state index is 4.45. The second kappa shape index (κ2) is 6.05. The Morgan fingerprint density at radius 1 is 1.40 bits per heavy atom. The number of hydrogen-bond acceptors (Lipinski definition) is 3. The number of rotatable bonds is 6. The van der Waals surface area contributed by atoms with Gasteiger partial charge in [0.15, 0.2) is 0 Å². The lowest BCUT2D eigenvalue weighted by atomic mass is 10.3. The van der Waals surface area contributed by atoms with Crippen molar-refractivity contribution in [3.05, 3.63) is 11.3 Å². The van der Waals surface area contributed by atoms with E-state index in [1.165, 1.54) is 23.6 Å². The van der Waals surface area contributed by atoms with E-state index in [0.717, 1.165) is 18.0 Å². The van der Waals surface area contributed by atoms with Crippen molar-refractivity contribution in [1.82, 2.24) is 9.78 Å². The molecule has 1 heterocycles. The van der Waals surface area contributed by atoms with Crippen LogP contribution in [0.1, 0.15) is 31.5 Å². The molecule has 3 nitrogen and oxygen atoms in total. The number of aryl methyl sites for hydroxylation is 2. The van der Waals surface area contributed by atoms with Crippen LogP contribution in [0.5, 0.6) is 0 Å². The van der Waals surface area contributed by atoms with Gasteiger partial charge in [-0.3, -0.25) is 4.68 Å². The van der Waals surface area contributed by atoms with E-state index in [1.54, 1.807) is 0 Å². The topological polar surface area (TPSA) is 29.9 Å². The van der Waals surface area contributed by atoms with E-state index in [9.17, 15) is 0 Å². The molecule has 1 aromatic heterocycles. The van der Waals surface area contributed by atoms with Crippen LogP contribution in [0.15, 0.2) is 0 Å². The molecule has 0 aliphatic carbocycles. The molecule has 0 saturated heterocycles. The SMILES string of the molecule is CCCSCc1c(C)nn(C)c1NCC. The van der Waals surface area contributed by atoms with Crippen LogP contribution >= 0.6 is 11.8 Å². The zero-order valence-electron chi connectivity index (χ0n) is 10.1. The minimum absolute atomic E-state index is 0.949. The lowest BCUT2D eigenvalue weighted by molar-refractivity contribution is 0.760. The third kappa shape index (κ3) is 3.16. The smallest absolute Gasteiger partial charge is 0.128 e. The summed E-state index contributed by atoms with van der Waals surface area (Å²) >= 11 is 1.98. The van der Waals surface area contributed by atoms with Gasteiger partial charge in [-0.05, 0) is 26.0 Å². The normalized spacial score (nSPS) is 10.7. The van der Waals surface area contributed by atoms with Crippen LogP contribution in [0.3, 0.4) is 0 Å². The van der Waals surface area contributed by atoms with Crippen molar-refractivity contribution in [3.8, 4) is 0 Å². The predicted octanol–water partition coefficient (Wildman–Crippen LogP) is 2.80. The Morgan fingerprint density at radius 2 is 2.13 bits per heavy atom. The van der Waals surface area contributed by atoms with E-state index >= 15 is 0 Å². The Bertz CT molecular complexity index is 307. The summed E-state index contributed by atoms with van der Waals surface area (Å²) in [6.07, 6.45) is 1.24. The molecule has 0 atom stereocenters. The molecular weight excluding hydrogens is 206 g/mol. The molecule has 0 saturated carbocycles. The molecule has 0 spiro atoms. The van der Waals surface area contributed by atoms with Gasteiger partial charge >= 0.3 is 0 Å². The molecule has 0 aromatic carbocycles. The first-order valence-electron chi connectivity index (χ1n) is 5.54. The number of hydrogen-bond donors (Lipinski definition) is 1. The summed E-state index contributed by atoms with van der Waals surface area (Å²) in [5, 5.41) is 7.83. The number of aromatic nitrogens is 2. The lowest BCUT2D eigenvalue weighted by Crippen LogP contribution is -2.05. The maximum Gasteiger partial charge on any atom is 0.128 e. The summed E-state index contributed by atoms with van der Waals surface area (Å²) in [6, 6.07) is 0. The molecule has 1 N–H and O–H groups in total. The van der Waals surface area contributed by atoms with E-state index in [-0.39, 0.29) is 0 Å². The molecule has 86 valence electrons. The van der Waals surface area contributed by atoms with Gasteiger partial charge in [-0.15, -0.1) is 0 Å². The summed E-state index contributed by atoms with van der Waals surface area (Å²) < 4.78 is 1.95. The van der Waals surface area contributed by atoms with Crippen LogP contribution in [0.25, 0.3) is 0 Å². The molecule has 1 rings (SSSR count). The van der Waals surface area contributed by atoms with Crippen molar-refractivity contribution in [1.29, 1.82) is 0 Å². The summed E-state index contributed by atoms with van der Waals surface area (Å²) in [5.74, 6) is 3.47. The molecule has 0 fully saturated rings. The molecule has 1 aromatic rings. The van der Waals surface area contributed by atoms with Gasteiger partial charge in [0.05, 0.1) is 5.69 Å². The number of nitrogens with zero attached hydrogens (tertiary/aromatic N) is 2. The fourth-order valence-electron chi connectivity index (χ4n) is 1.58. The van der Waals surface area contributed by atoms with Crippen molar-refractivity contribution in [2.75, 3.05) is 17.6 Å². The zero-order valence-corrected chi connectivity index (χ0v) is 10.9. The van der Waals surface area contributed by atoms with E-state index < -0.39 is 0 Å². The molecule has 0 unspecified atom stereocenters. The summed E-state index contributed by atoms with van der Waals surface area (Å²) in [6.45, 7) is 7.37. The predicted molar refractivity (Wildman–Crippen MR) is 68.6 cm³/mol. The highest BCUT2D eigenvalue weighted by Crippen LogP contribution is 2.24. The highest BCUT2D eigenvalue weighted by Gasteiger charge is 2.11. The Balaban J connectivity index is 2.74. The molecule has 0 aliphatic heterocycles. The third-order valence-electron chi connectivity index (χ3n) is 2.29. The molecule has 0 amide bonds. The molecular formula is C11H21N3S. The summed E-state index contributed by atoms with van der Waals surface area (Å²) in [4.78, 5) is 0. The summed E-state index contributed by atoms with van der Waals surface area (Å²) in [7, 11) is 2.00. The largest absolute Gasteiger partial charge is 0.370 e. The van der Waals surface area contributed by atoms with Crippen molar-refractivity contribution in [2.24, 2.45) is 7.05 Å². The fourth-order valence-corrected chi connectivity index (χ4v) is 2.56. The van der Waals surface area contributed by atoms with Crippen molar-refractivity contribution in [3.63, 3.8) is 0 Å². The zero-order chi connectivity index (χ0) is 11.3. The van der Waals surface area contributed by atoms with Gasteiger partial charge < -0.3 is 5.32 Å². The molecule has 0 aliphatic rings. The minimum Gasteiger partial charge on any atom is -0.370 e. The fraction of sp³-hybridized carbons (Fsp3) is 0.727. The van der Waals surface area contributed by atoms with Crippen molar-refractivity contribution >= 4 is 17.6 Å². The van der Waals surface area contributed by atoms with E-state index in [0.29, 0.717) is 0 Å². The van der Waals surface area contributed by atoms with Crippen LogP contribution in [-0.2, 0) is 12.8 Å². The van der Waals surface area contributed by atoms with Gasteiger partial charge in [-0.2, -0.15) is 16.9 Å². The van der Waals surface area contributed by atoms with Crippen LogP contribution in [0.2, 0.25) is 0 Å². The van der Waals surface area contributed by atoms with Crippen LogP contribution in [0, 0.1) is 6.92 Å².